The third-order valence-corrected chi connectivity index (χ3v) is 3.09. The number of hydrogen-bond donors (Lipinski definition) is 1. The summed E-state index contributed by atoms with van der Waals surface area (Å²) in [5.74, 6) is 0. The van der Waals surface area contributed by atoms with E-state index in [4.69, 9.17) is 0 Å². The average Bonchev–Trinajstić information content (AvgIpc) is 2.54. The highest BCUT2D eigenvalue weighted by atomic mass is 35.5. The number of halogens is 1. The van der Waals surface area contributed by atoms with Crippen LogP contribution in [0.5, 0.6) is 0 Å². The third kappa shape index (κ3) is 8.03. The molecule has 0 aromatic heterocycles. The number of allylic oxidation sites excluding steroid dienone is 3. The van der Waals surface area contributed by atoms with Gasteiger partial charge in [0.25, 0.3) is 0 Å². The van der Waals surface area contributed by atoms with Crippen LogP contribution in [0.15, 0.2) is 84.0 Å². The Labute approximate surface area is 145 Å². The molecule has 0 saturated carbocycles. The molecule has 0 heterocycles. The molecule has 2 aromatic carbocycles. The van der Waals surface area contributed by atoms with Crippen LogP contribution in [0.4, 0.5) is 11.4 Å². The zero-order valence-corrected chi connectivity index (χ0v) is 14.2. The van der Waals surface area contributed by atoms with E-state index in [-0.39, 0.29) is 12.4 Å². The number of nitrogens with zero attached hydrogens (tertiary/aromatic N) is 1. The summed E-state index contributed by atoms with van der Waals surface area (Å²) in [7, 11) is 0. The quantitative estimate of drug-likeness (QED) is 0.484. The summed E-state index contributed by atoms with van der Waals surface area (Å²) in [6.45, 7) is 2.09. The molecule has 3 heteroatoms. The molecule has 0 saturated heterocycles. The molecule has 0 amide bonds. The number of hydrogen-bond acceptors (Lipinski definition) is 2. The van der Waals surface area contributed by atoms with Crippen molar-refractivity contribution in [3.05, 3.63) is 84.6 Å². The fourth-order valence-electron chi connectivity index (χ4n) is 1.97. The molecule has 2 nitrogen and oxygen atoms in total. The number of anilines is 1. The second kappa shape index (κ2) is 11.3. The molecule has 0 atom stereocenters. The molecule has 1 N–H and O–H groups in total. The number of rotatable bonds is 7. The summed E-state index contributed by atoms with van der Waals surface area (Å²) < 4.78 is 0. The van der Waals surface area contributed by atoms with Crippen molar-refractivity contribution in [1.82, 2.24) is 0 Å². The SMILES string of the molecule is Cc1cccc(NC=CCCC=CC=Nc2ccccc2)c1.Cl. The van der Waals surface area contributed by atoms with Crippen LogP contribution in [0.2, 0.25) is 0 Å². The fraction of sp³-hybridized carbons (Fsp3) is 0.150. The van der Waals surface area contributed by atoms with Gasteiger partial charge in [-0.1, -0.05) is 42.5 Å². The van der Waals surface area contributed by atoms with Crippen molar-refractivity contribution in [2.75, 3.05) is 5.32 Å². The maximum Gasteiger partial charge on any atom is 0.0629 e. The third-order valence-electron chi connectivity index (χ3n) is 3.09. The van der Waals surface area contributed by atoms with Gasteiger partial charge in [0.15, 0.2) is 0 Å². The molecule has 0 bridgehead atoms. The van der Waals surface area contributed by atoms with Crippen molar-refractivity contribution in [2.45, 2.75) is 19.8 Å². The minimum absolute atomic E-state index is 0. The lowest BCUT2D eigenvalue weighted by Crippen LogP contribution is -1.87. The van der Waals surface area contributed by atoms with Gasteiger partial charge in [-0.2, -0.15) is 0 Å². The van der Waals surface area contributed by atoms with Gasteiger partial charge in [0.1, 0.15) is 0 Å². The number of unbranched alkanes of at least 4 members (excludes halogenated alkanes) is 1. The zero-order valence-electron chi connectivity index (χ0n) is 13.4. The Hall–Kier alpha value is -2.32. The van der Waals surface area contributed by atoms with E-state index in [0.29, 0.717) is 0 Å². The second-order valence-electron chi connectivity index (χ2n) is 5.04. The van der Waals surface area contributed by atoms with Crippen LogP contribution >= 0.6 is 12.4 Å². The van der Waals surface area contributed by atoms with E-state index in [2.05, 4.69) is 53.7 Å². The number of para-hydroxylation sites is 1. The molecule has 0 aliphatic rings. The van der Waals surface area contributed by atoms with Gasteiger partial charge >= 0.3 is 0 Å². The number of aliphatic imine (C=N–C) groups is 1. The van der Waals surface area contributed by atoms with E-state index in [1.807, 2.05) is 48.8 Å². The first-order valence-corrected chi connectivity index (χ1v) is 7.57. The van der Waals surface area contributed by atoms with Gasteiger partial charge in [-0.25, -0.2) is 0 Å². The van der Waals surface area contributed by atoms with Crippen LogP contribution in [-0.4, -0.2) is 6.21 Å². The Morgan fingerprint density at radius 2 is 1.74 bits per heavy atom. The maximum absolute atomic E-state index is 4.35. The summed E-state index contributed by atoms with van der Waals surface area (Å²) in [4.78, 5) is 4.35. The van der Waals surface area contributed by atoms with E-state index in [0.717, 1.165) is 24.2 Å². The Morgan fingerprint density at radius 3 is 2.52 bits per heavy atom. The van der Waals surface area contributed by atoms with E-state index in [1.54, 1.807) is 0 Å². The Kier molecular flexibility index (Phi) is 9.18. The van der Waals surface area contributed by atoms with Crippen molar-refractivity contribution >= 4 is 30.0 Å². The first-order chi connectivity index (χ1) is 10.8. The van der Waals surface area contributed by atoms with Crippen molar-refractivity contribution in [2.24, 2.45) is 4.99 Å². The minimum Gasteiger partial charge on any atom is -0.362 e. The smallest absolute Gasteiger partial charge is 0.0629 e. The van der Waals surface area contributed by atoms with Crippen LogP contribution in [0.1, 0.15) is 18.4 Å². The molecule has 0 radical (unpaired) electrons. The summed E-state index contributed by atoms with van der Waals surface area (Å²) in [6, 6.07) is 18.3. The predicted octanol–water partition coefficient (Wildman–Crippen LogP) is 6.08. The summed E-state index contributed by atoms with van der Waals surface area (Å²) in [5.41, 5.74) is 3.37. The van der Waals surface area contributed by atoms with Crippen LogP contribution in [0, 0.1) is 6.92 Å². The lowest BCUT2D eigenvalue weighted by atomic mass is 10.2. The van der Waals surface area contributed by atoms with Gasteiger partial charge in [-0.15, -0.1) is 12.4 Å². The predicted molar refractivity (Wildman–Crippen MR) is 104 cm³/mol. The molecular formula is C20H23ClN2. The first-order valence-electron chi connectivity index (χ1n) is 7.57. The number of aryl methyl sites for hydroxylation is 1. The summed E-state index contributed by atoms with van der Waals surface area (Å²) >= 11 is 0. The molecule has 120 valence electrons. The summed E-state index contributed by atoms with van der Waals surface area (Å²) in [5, 5.41) is 3.28. The van der Waals surface area contributed by atoms with E-state index >= 15 is 0 Å². The van der Waals surface area contributed by atoms with Crippen LogP contribution in [0.3, 0.4) is 0 Å². The molecule has 0 aliphatic carbocycles. The molecule has 2 rings (SSSR count). The molecule has 0 aliphatic heterocycles. The van der Waals surface area contributed by atoms with Crippen LogP contribution < -0.4 is 5.32 Å². The van der Waals surface area contributed by atoms with Crippen molar-refractivity contribution in [1.29, 1.82) is 0 Å². The lowest BCUT2D eigenvalue weighted by molar-refractivity contribution is 1.05. The fourth-order valence-corrected chi connectivity index (χ4v) is 1.97. The Morgan fingerprint density at radius 1 is 0.957 bits per heavy atom. The van der Waals surface area contributed by atoms with Gasteiger partial charge in [0, 0.05) is 11.9 Å². The molecule has 2 aromatic rings. The molecular weight excluding hydrogens is 304 g/mol. The highest BCUT2D eigenvalue weighted by Gasteiger charge is 1.87. The normalized spacial score (nSPS) is 11.2. The van der Waals surface area contributed by atoms with Gasteiger partial charge in [-0.05, 0) is 61.9 Å². The monoisotopic (exact) mass is 326 g/mol. The average molecular weight is 327 g/mol. The molecule has 23 heavy (non-hydrogen) atoms. The molecule has 0 fully saturated rings. The van der Waals surface area contributed by atoms with Crippen molar-refractivity contribution in [3.63, 3.8) is 0 Å². The minimum atomic E-state index is 0. The van der Waals surface area contributed by atoms with Gasteiger partial charge in [0.05, 0.1) is 5.69 Å². The maximum atomic E-state index is 4.35. The van der Waals surface area contributed by atoms with E-state index in [1.165, 1.54) is 5.56 Å². The van der Waals surface area contributed by atoms with Crippen LogP contribution in [0.25, 0.3) is 0 Å². The van der Waals surface area contributed by atoms with E-state index < -0.39 is 0 Å². The van der Waals surface area contributed by atoms with Gasteiger partial charge in [0.2, 0.25) is 0 Å². The lowest BCUT2D eigenvalue weighted by Gasteiger charge is -2.00. The Bertz CT molecular complexity index is 646. The molecule has 0 unspecified atom stereocenters. The van der Waals surface area contributed by atoms with Gasteiger partial charge in [-0.3, -0.25) is 4.99 Å². The summed E-state index contributed by atoms with van der Waals surface area (Å²) in [6.07, 6.45) is 12.1. The number of benzene rings is 2. The highest BCUT2D eigenvalue weighted by Crippen LogP contribution is 2.09. The zero-order chi connectivity index (χ0) is 15.5. The highest BCUT2D eigenvalue weighted by molar-refractivity contribution is 5.85. The largest absolute Gasteiger partial charge is 0.362 e. The van der Waals surface area contributed by atoms with E-state index in [9.17, 15) is 0 Å². The van der Waals surface area contributed by atoms with Gasteiger partial charge < -0.3 is 5.32 Å². The van der Waals surface area contributed by atoms with Crippen LogP contribution in [-0.2, 0) is 0 Å². The first kappa shape index (κ1) is 18.7. The number of nitrogens with one attached hydrogen (secondary N) is 1. The second-order valence-corrected chi connectivity index (χ2v) is 5.04. The topological polar surface area (TPSA) is 24.4 Å². The molecule has 0 spiro atoms. The van der Waals surface area contributed by atoms with Crippen molar-refractivity contribution in [3.8, 4) is 0 Å². The standard InChI is InChI=1S/C20H22N2.ClH/c1-18-11-10-14-20(17-18)22-16-9-4-2-3-8-15-21-19-12-6-5-7-13-19;/h3,5-17,22H,2,4H2,1H3;1H. The Balaban J connectivity index is 0.00000264. The van der Waals surface area contributed by atoms with Crippen molar-refractivity contribution < 1.29 is 0 Å².